The summed E-state index contributed by atoms with van der Waals surface area (Å²) in [6.45, 7) is 1.85. The predicted octanol–water partition coefficient (Wildman–Crippen LogP) is 4.06. The van der Waals surface area contributed by atoms with E-state index in [9.17, 15) is 4.39 Å². The molecule has 0 aliphatic heterocycles. The van der Waals surface area contributed by atoms with Crippen molar-refractivity contribution in [3.63, 3.8) is 0 Å². The largest absolute Gasteiger partial charge is 0.497 e. The van der Waals surface area contributed by atoms with Crippen molar-refractivity contribution in [2.45, 2.75) is 19.1 Å². The smallest absolute Gasteiger partial charge is 0.139 e. The first-order valence-corrected chi connectivity index (χ1v) is 7.31. The second kappa shape index (κ2) is 6.91. The Hall–Kier alpha value is -1.59. The Labute approximate surface area is 132 Å². The molecule has 0 saturated heterocycles. The van der Waals surface area contributed by atoms with Gasteiger partial charge in [0, 0.05) is 16.6 Å². The van der Waals surface area contributed by atoms with Gasteiger partial charge in [0.1, 0.15) is 23.4 Å². The van der Waals surface area contributed by atoms with Crippen LogP contribution in [0.15, 0.2) is 46.9 Å². The molecule has 0 fully saturated rings. The van der Waals surface area contributed by atoms with Crippen molar-refractivity contribution in [2.24, 2.45) is 5.73 Å². The van der Waals surface area contributed by atoms with Crippen LogP contribution in [0.4, 0.5) is 4.39 Å². The minimum Gasteiger partial charge on any atom is -0.497 e. The van der Waals surface area contributed by atoms with Crippen LogP contribution in [0, 0.1) is 5.82 Å². The minimum atomic E-state index is -0.395. The number of hydrogen-bond acceptors (Lipinski definition) is 3. The number of benzene rings is 2. The Balaban J connectivity index is 2.30. The molecular formula is C16H17BrFNO2. The summed E-state index contributed by atoms with van der Waals surface area (Å²) in [5.74, 6) is 0.780. The molecule has 0 bridgehead atoms. The van der Waals surface area contributed by atoms with Gasteiger partial charge < -0.3 is 15.2 Å². The standard InChI is InChI=1S/C16H17BrFNO2/c1-10(19)16(11-4-3-5-14(6-11)20-2)21-15-8-12(17)7-13(18)9-15/h3-10,16H,19H2,1-2H3. The molecule has 2 unspecified atom stereocenters. The van der Waals surface area contributed by atoms with Crippen LogP contribution in [0.5, 0.6) is 11.5 Å². The lowest BCUT2D eigenvalue weighted by Crippen LogP contribution is -2.29. The Morgan fingerprint density at radius 2 is 1.90 bits per heavy atom. The first-order chi connectivity index (χ1) is 9.99. The summed E-state index contributed by atoms with van der Waals surface area (Å²) in [5.41, 5.74) is 6.89. The predicted molar refractivity (Wildman–Crippen MR) is 84.1 cm³/mol. The van der Waals surface area contributed by atoms with Gasteiger partial charge >= 0.3 is 0 Å². The molecule has 0 aliphatic rings. The molecule has 112 valence electrons. The maximum Gasteiger partial charge on any atom is 0.139 e. The van der Waals surface area contributed by atoms with Crippen LogP contribution in [-0.2, 0) is 0 Å². The van der Waals surface area contributed by atoms with Crippen LogP contribution in [0.3, 0.4) is 0 Å². The summed E-state index contributed by atoms with van der Waals surface area (Å²) in [4.78, 5) is 0. The van der Waals surface area contributed by atoms with Crippen molar-refractivity contribution in [3.8, 4) is 11.5 Å². The van der Waals surface area contributed by atoms with E-state index >= 15 is 0 Å². The first-order valence-electron chi connectivity index (χ1n) is 6.52. The lowest BCUT2D eigenvalue weighted by molar-refractivity contribution is 0.179. The molecular weight excluding hydrogens is 337 g/mol. The van der Waals surface area contributed by atoms with Crippen LogP contribution in [0.2, 0.25) is 0 Å². The number of nitrogens with two attached hydrogens (primary N) is 1. The van der Waals surface area contributed by atoms with Crippen LogP contribution in [0.1, 0.15) is 18.6 Å². The Bertz CT molecular complexity index is 599. The van der Waals surface area contributed by atoms with Crippen LogP contribution in [0.25, 0.3) is 0 Å². The van der Waals surface area contributed by atoms with E-state index in [1.54, 1.807) is 13.2 Å². The van der Waals surface area contributed by atoms with Crippen molar-refractivity contribution in [2.75, 3.05) is 7.11 Å². The fraction of sp³-hybridized carbons (Fsp3) is 0.250. The molecule has 2 aromatic rings. The van der Waals surface area contributed by atoms with Gasteiger partial charge in [-0.25, -0.2) is 4.39 Å². The van der Waals surface area contributed by atoms with Crippen molar-refractivity contribution < 1.29 is 13.9 Å². The van der Waals surface area contributed by atoms with E-state index in [1.807, 2.05) is 31.2 Å². The molecule has 0 aliphatic carbocycles. The number of ether oxygens (including phenoxy) is 2. The zero-order chi connectivity index (χ0) is 15.4. The molecule has 3 nitrogen and oxygen atoms in total. The molecule has 2 rings (SSSR count). The molecule has 0 saturated carbocycles. The topological polar surface area (TPSA) is 44.5 Å². The fourth-order valence-electron chi connectivity index (χ4n) is 2.04. The van der Waals surface area contributed by atoms with Gasteiger partial charge in [0.25, 0.3) is 0 Å². The van der Waals surface area contributed by atoms with E-state index in [0.29, 0.717) is 10.2 Å². The monoisotopic (exact) mass is 353 g/mol. The second-order valence-electron chi connectivity index (χ2n) is 4.78. The zero-order valence-corrected chi connectivity index (χ0v) is 13.4. The van der Waals surface area contributed by atoms with Gasteiger partial charge in [0.15, 0.2) is 0 Å². The SMILES string of the molecule is COc1cccc(C(Oc2cc(F)cc(Br)c2)C(C)N)c1. The fourth-order valence-corrected chi connectivity index (χ4v) is 2.48. The van der Waals surface area contributed by atoms with Gasteiger partial charge in [0.2, 0.25) is 0 Å². The van der Waals surface area contributed by atoms with E-state index in [2.05, 4.69) is 15.9 Å². The number of hydrogen-bond donors (Lipinski definition) is 1. The molecule has 0 radical (unpaired) electrons. The quantitative estimate of drug-likeness (QED) is 0.881. The summed E-state index contributed by atoms with van der Waals surface area (Å²) in [6, 6.07) is 11.6. The Kier molecular flexibility index (Phi) is 5.20. The van der Waals surface area contributed by atoms with Crippen LogP contribution >= 0.6 is 15.9 Å². The van der Waals surface area contributed by atoms with Crippen molar-refractivity contribution >= 4 is 15.9 Å². The molecule has 5 heteroatoms. The van der Waals surface area contributed by atoms with Crippen LogP contribution in [-0.4, -0.2) is 13.2 Å². The summed E-state index contributed by atoms with van der Waals surface area (Å²) < 4.78 is 25.1. The summed E-state index contributed by atoms with van der Waals surface area (Å²) in [5, 5.41) is 0. The van der Waals surface area contributed by atoms with Crippen molar-refractivity contribution in [3.05, 3.63) is 58.3 Å². The molecule has 2 N–H and O–H groups in total. The van der Waals surface area contributed by atoms with E-state index in [-0.39, 0.29) is 11.9 Å². The highest BCUT2D eigenvalue weighted by Crippen LogP contribution is 2.29. The summed E-state index contributed by atoms with van der Waals surface area (Å²) in [6.07, 6.45) is -0.395. The van der Waals surface area contributed by atoms with Crippen LogP contribution < -0.4 is 15.2 Å². The Morgan fingerprint density at radius 1 is 1.14 bits per heavy atom. The molecule has 2 aromatic carbocycles. The van der Waals surface area contributed by atoms with Gasteiger partial charge in [-0.2, -0.15) is 0 Å². The highest BCUT2D eigenvalue weighted by atomic mass is 79.9. The summed E-state index contributed by atoms with van der Waals surface area (Å²) in [7, 11) is 1.60. The van der Waals surface area contributed by atoms with E-state index in [0.717, 1.165) is 11.3 Å². The third kappa shape index (κ3) is 4.19. The van der Waals surface area contributed by atoms with E-state index < -0.39 is 6.10 Å². The van der Waals surface area contributed by atoms with Crippen molar-refractivity contribution in [1.29, 1.82) is 0 Å². The second-order valence-corrected chi connectivity index (χ2v) is 5.70. The number of methoxy groups -OCH3 is 1. The first kappa shape index (κ1) is 15.8. The maximum absolute atomic E-state index is 13.4. The average molecular weight is 354 g/mol. The number of rotatable bonds is 5. The molecule has 2 atom stereocenters. The average Bonchev–Trinajstić information content (AvgIpc) is 2.43. The van der Waals surface area contributed by atoms with Gasteiger partial charge in [-0.05, 0) is 36.8 Å². The maximum atomic E-state index is 13.4. The molecule has 0 aromatic heterocycles. The lowest BCUT2D eigenvalue weighted by Gasteiger charge is -2.23. The highest BCUT2D eigenvalue weighted by molar-refractivity contribution is 9.10. The molecule has 0 amide bonds. The zero-order valence-electron chi connectivity index (χ0n) is 11.8. The normalized spacial score (nSPS) is 13.6. The number of halogens is 2. The van der Waals surface area contributed by atoms with Gasteiger partial charge in [-0.1, -0.05) is 28.1 Å². The molecule has 0 heterocycles. The van der Waals surface area contributed by atoms with E-state index in [4.69, 9.17) is 15.2 Å². The molecule has 21 heavy (non-hydrogen) atoms. The van der Waals surface area contributed by atoms with Gasteiger partial charge in [-0.3, -0.25) is 0 Å². The Morgan fingerprint density at radius 3 is 2.52 bits per heavy atom. The summed E-state index contributed by atoms with van der Waals surface area (Å²) >= 11 is 3.25. The van der Waals surface area contributed by atoms with Gasteiger partial charge in [-0.15, -0.1) is 0 Å². The third-order valence-corrected chi connectivity index (χ3v) is 3.46. The highest BCUT2D eigenvalue weighted by Gasteiger charge is 2.19. The van der Waals surface area contributed by atoms with Crippen molar-refractivity contribution in [1.82, 2.24) is 0 Å². The van der Waals surface area contributed by atoms with E-state index in [1.165, 1.54) is 12.1 Å². The lowest BCUT2D eigenvalue weighted by atomic mass is 10.0. The molecule has 0 spiro atoms. The third-order valence-electron chi connectivity index (χ3n) is 3.00. The van der Waals surface area contributed by atoms with Gasteiger partial charge in [0.05, 0.1) is 7.11 Å². The minimum absolute atomic E-state index is 0.265.